The van der Waals surface area contributed by atoms with E-state index >= 15 is 0 Å². The van der Waals surface area contributed by atoms with E-state index < -0.39 is 6.09 Å². The number of carbonyl (C=O) groups excluding carboxylic acids is 1. The molecule has 1 aliphatic rings. The second-order valence-corrected chi connectivity index (χ2v) is 14.7. The standard InChI is InChI=1S/C47H77NO11/c1-2-3-4-5-6-7-8-9-10-11-16-23-50-25-27-52-29-31-54-33-35-56-37-39-58-40-38-57-36-34-55-32-30-53-28-26-51-24-17-22-48-47(49)59-41-46-44-20-14-12-18-42(44)43-19-13-15-21-45(43)46/h12-15,18-21,46H,2-11,16-17,22-41H2,1H3,(H,48,49). The number of unbranched alkanes of at least 4 members (excludes halogenated alkanes) is 10. The second kappa shape index (κ2) is 37.1. The number of rotatable bonds is 42. The lowest BCUT2D eigenvalue weighted by Crippen LogP contribution is -2.27. The molecule has 0 aliphatic heterocycles. The van der Waals surface area contributed by atoms with Crippen molar-refractivity contribution in [2.45, 2.75) is 89.9 Å². The molecule has 0 saturated heterocycles. The number of hydrogen-bond acceptors (Lipinski definition) is 11. The Morgan fingerprint density at radius 1 is 0.424 bits per heavy atom. The van der Waals surface area contributed by atoms with Crippen molar-refractivity contribution in [1.29, 1.82) is 0 Å². The predicted molar refractivity (Wildman–Crippen MR) is 232 cm³/mol. The molecule has 0 saturated carbocycles. The number of nitrogens with one attached hydrogen (secondary N) is 1. The van der Waals surface area contributed by atoms with Crippen molar-refractivity contribution >= 4 is 6.09 Å². The Hall–Kier alpha value is -2.65. The van der Waals surface area contributed by atoms with Gasteiger partial charge in [0.15, 0.2) is 0 Å². The van der Waals surface area contributed by atoms with Crippen LogP contribution in [-0.2, 0) is 47.4 Å². The summed E-state index contributed by atoms with van der Waals surface area (Å²) in [7, 11) is 0. The molecule has 0 unspecified atom stereocenters. The molecular weight excluding hydrogens is 755 g/mol. The van der Waals surface area contributed by atoms with Gasteiger partial charge in [-0.25, -0.2) is 4.79 Å². The Bertz CT molecular complexity index is 1220. The summed E-state index contributed by atoms with van der Waals surface area (Å²) in [4.78, 5) is 12.3. The molecule has 1 aliphatic carbocycles. The molecule has 3 rings (SSSR count). The van der Waals surface area contributed by atoms with E-state index in [2.05, 4.69) is 36.5 Å². The third-order valence-corrected chi connectivity index (χ3v) is 9.95. The number of benzene rings is 2. The van der Waals surface area contributed by atoms with Crippen LogP contribution in [0.5, 0.6) is 0 Å². The van der Waals surface area contributed by atoms with Gasteiger partial charge in [0.1, 0.15) is 6.61 Å². The van der Waals surface area contributed by atoms with Gasteiger partial charge in [-0.05, 0) is 35.1 Å². The van der Waals surface area contributed by atoms with Crippen LogP contribution >= 0.6 is 0 Å². The number of amides is 1. The lowest BCUT2D eigenvalue weighted by Gasteiger charge is -2.14. The van der Waals surface area contributed by atoms with E-state index in [-0.39, 0.29) is 5.92 Å². The van der Waals surface area contributed by atoms with Gasteiger partial charge in [0.25, 0.3) is 0 Å². The monoisotopic (exact) mass is 832 g/mol. The SMILES string of the molecule is CCCCCCCCCCCCCOCCOCCOCCOCCOCCOCCOCCOCCOCCCNC(=O)OCC1c2ccccc2-c2ccccc21. The molecule has 0 heterocycles. The van der Waals surface area contributed by atoms with Crippen molar-refractivity contribution in [1.82, 2.24) is 5.32 Å². The molecule has 12 nitrogen and oxygen atoms in total. The largest absolute Gasteiger partial charge is 0.449 e. The minimum Gasteiger partial charge on any atom is -0.449 e. The first kappa shape index (κ1) is 50.7. The average molecular weight is 832 g/mol. The maximum absolute atomic E-state index is 12.3. The summed E-state index contributed by atoms with van der Waals surface area (Å²) in [5.41, 5.74) is 4.82. The minimum absolute atomic E-state index is 0.0525. The van der Waals surface area contributed by atoms with E-state index in [1.54, 1.807) is 0 Å². The van der Waals surface area contributed by atoms with Crippen LogP contribution in [-0.4, -0.2) is 138 Å². The zero-order valence-electron chi connectivity index (χ0n) is 36.3. The van der Waals surface area contributed by atoms with Gasteiger partial charge >= 0.3 is 6.09 Å². The van der Waals surface area contributed by atoms with Gasteiger partial charge in [0, 0.05) is 25.7 Å². The average Bonchev–Trinajstić information content (AvgIpc) is 3.58. The summed E-state index contributed by atoms with van der Waals surface area (Å²) in [6.45, 7) is 12.9. The summed E-state index contributed by atoms with van der Waals surface area (Å²) in [6.07, 6.45) is 15.1. The summed E-state index contributed by atoms with van der Waals surface area (Å²) in [5, 5.41) is 2.81. The Kier molecular flexibility index (Phi) is 31.9. The molecule has 0 radical (unpaired) electrons. The number of alkyl carbamates (subject to hydrolysis) is 1. The van der Waals surface area contributed by atoms with Crippen LogP contribution in [0, 0.1) is 0 Å². The summed E-state index contributed by atoms with van der Waals surface area (Å²) in [5.74, 6) is 0.0525. The predicted octanol–water partition coefficient (Wildman–Crippen LogP) is 8.38. The molecule has 336 valence electrons. The fourth-order valence-corrected chi connectivity index (χ4v) is 6.74. The maximum Gasteiger partial charge on any atom is 0.407 e. The van der Waals surface area contributed by atoms with Crippen molar-refractivity contribution in [3.63, 3.8) is 0 Å². The number of hydrogen-bond donors (Lipinski definition) is 1. The second-order valence-electron chi connectivity index (χ2n) is 14.7. The quantitative estimate of drug-likeness (QED) is 0.0650. The lowest BCUT2D eigenvalue weighted by molar-refractivity contribution is -0.0250. The molecule has 0 atom stereocenters. The third kappa shape index (κ3) is 25.7. The van der Waals surface area contributed by atoms with E-state index in [9.17, 15) is 4.79 Å². The highest BCUT2D eigenvalue weighted by Gasteiger charge is 2.28. The Morgan fingerprint density at radius 3 is 1.14 bits per heavy atom. The van der Waals surface area contributed by atoms with Gasteiger partial charge in [-0.1, -0.05) is 120 Å². The number of ether oxygens (including phenoxy) is 10. The van der Waals surface area contributed by atoms with Crippen LogP contribution in [0.1, 0.15) is 101 Å². The highest BCUT2D eigenvalue weighted by Crippen LogP contribution is 2.44. The van der Waals surface area contributed by atoms with Crippen LogP contribution in [0.25, 0.3) is 11.1 Å². The minimum atomic E-state index is -0.411. The highest BCUT2D eigenvalue weighted by molar-refractivity contribution is 5.79. The van der Waals surface area contributed by atoms with E-state index in [0.717, 1.165) is 13.0 Å². The molecule has 0 spiro atoms. The van der Waals surface area contributed by atoms with Crippen LogP contribution in [0.2, 0.25) is 0 Å². The zero-order chi connectivity index (χ0) is 41.5. The highest BCUT2D eigenvalue weighted by atomic mass is 16.6. The fourth-order valence-electron chi connectivity index (χ4n) is 6.74. The molecule has 59 heavy (non-hydrogen) atoms. The first-order valence-corrected chi connectivity index (χ1v) is 22.6. The van der Waals surface area contributed by atoms with Crippen LogP contribution < -0.4 is 5.32 Å². The number of fused-ring (bicyclic) bond motifs is 3. The van der Waals surface area contributed by atoms with Gasteiger partial charge in [-0.3, -0.25) is 0 Å². The van der Waals surface area contributed by atoms with Gasteiger partial charge in [0.05, 0.1) is 106 Å². The molecular formula is C47H77NO11. The summed E-state index contributed by atoms with van der Waals surface area (Å²) < 4.78 is 55.6. The topological polar surface area (TPSA) is 121 Å². The van der Waals surface area contributed by atoms with Gasteiger partial charge in [-0.15, -0.1) is 0 Å². The number of carbonyl (C=O) groups is 1. The zero-order valence-corrected chi connectivity index (χ0v) is 36.3. The molecule has 0 bridgehead atoms. The van der Waals surface area contributed by atoms with Gasteiger partial charge in [0.2, 0.25) is 0 Å². The van der Waals surface area contributed by atoms with Crippen molar-refractivity contribution < 1.29 is 52.2 Å². The van der Waals surface area contributed by atoms with Crippen molar-refractivity contribution in [2.24, 2.45) is 0 Å². The van der Waals surface area contributed by atoms with Crippen LogP contribution in [0.3, 0.4) is 0 Å². The van der Waals surface area contributed by atoms with Gasteiger partial charge in [-0.2, -0.15) is 0 Å². The van der Waals surface area contributed by atoms with Crippen molar-refractivity contribution in [2.75, 3.05) is 132 Å². The Labute approximate surface area is 355 Å². The normalized spacial score (nSPS) is 12.2. The molecule has 2 aromatic rings. The summed E-state index contributed by atoms with van der Waals surface area (Å²) in [6, 6.07) is 16.6. The molecule has 2 aromatic carbocycles. The maximum atomic E-state index is 12.3. The van der Waals surface area contributed by atoms with Gasteiger partial charge < -0.3 is 52.7 Å². The molecule has 0 aromatic heterocycles. The Morgan fingerprint density at radius 2 is 0.746 bits per heavy atom. The van der Waals surface area contributed by atoms with E-state index in [1.165, 1.54) is 86.5 Å². The molecule has 12 heteroatoms. The molecule has 0 fully saturated rings. The van der Waals surface area contributed by atoms with E-state index in [1.807, 2.05) is 24.3 Å². The Balaban J connectivity index is 0.923. The van der Waals surface area contributed by atoms with Crippen molar-refractivity contribution in [3.05, 3.63) is 59.7 Å². The molecule has 1 N–H and O–H groups in total. The third-order valence-electron chi connectivity index (χ3n) is 9.95. The van der Waals surface area contributed by atoms with Crippen molar-refractivity contribution in [3.8, 4) is 11.1 Å². The first-order valence-electron chi connectivity index (χ1n) is 22.6. The summed E-state index contributed by atoms with van der Waals surface area (Å²) >= 11 is 0. The van der Waals surface area contributed by atoms with E-state index in [4.69, 9.17) is 47.4 Å². The fraction of sp³-hybridized carbons (Fsp3) is 0.723. The smallest absolute Gasteiger partial charge is 0.407 e. The van der Waals surface area contributed by atoms with E-state index in [0.29, 0.717) is 132 Å². The van der Waals surface area contributed by atoms with Crippen LogP contribution in [0.4, 0.5) is 4.79 Å². The van der Waals surface area contributed by atoms with Crippen LogP contribution in [0.15, 0.2) is 48.5 Å². The first-order chi connectivity index (χ1) is 29.3. The molecule has 1 amide bonds. The lowest BCUT2D eigenvalue weighted by atomic mass is 9.98.